The molecule has 0 bridgehead atoms. The van der Waals surface area contributed by atoms with E-state index in [4.69, 9.17) is 15.7 Å². The number of hydrogen-bond acceptors (Lipinski definition) is 5. The van der Waals surface area contributed by atoms with Crippen molar-refractivity contribution in [1.82, 2.24) is 5.32 Å². The lowest BCUT2D eigenvalue weighted by molar-refractivity contribution is -0.125. The zero-order valence-corrected chi connectivity index (χ0v) is 18.3. The van der Waals surface area contributed by atoms with Crippen LogP contribution in [0.4, 0.5) is 5.69 Å². The maximum absolute atomic E-state index is 13.0. The summed E-state index contributed by atoms with van der Waals surface area (Å²) in [4.78, 5) is 26.4. The van der Waals surface area contributed by atoms with Gasteiger partial charge in [0.05, 0.1) is 13.5 Å². The molecule has 30 heavy (non-hydrogen) atoms. The molecule has 0 aromatic heterocycles. The Kier molecular flexibility index (Phi) is 7.71. The number of hydrogen-bond donors (Lipinski definition) is 4. The molecule has 162 valence electrons. The SMILES string of the molecule is COc1ccc(C(NC(=O)C/C(N)=N/O)C(=O)Nc2ccc(S(C)(C)C)cc2)cc1. The molecule has 0 saturated heterocycles. The zero-order valence-electron chi connectivity index (χ0n) is 17.5. The molecule has 0 radical (unpaired) electrons. The minimum absolute atomic E-state index is 0.248. The first-order valence-electron chi connectivity index (χ1n) is 9.13. The van der Waals surface area contributed by atoms with Crippen LogP contribution in [0, 0.1) is 0 Å². The molecule has 0 fully saturated rings. The number of nitrogens with two attached hydrogens (primary N) is 1. The minimum atomic E-state index is -0.970. The van der Waals surface area contributed by atoms with E-state index in [2.05, 4.69) is 34.6 Å². The van der Waals surface area contributed by atoms with Gasteiger partial charge in [-0.15, -0.1) is 0 Å². The van der Waals surface area contributed by atoms with Gasteiger partial charge in [0.1, 0.15) is 17.6 Å². The van der Waals surface area contributed by atoms with Crippen LogP contribution in [0.15, 0.2) is 58.6 Å². The van der Waals surface area contributed by atoms with Crippen LogP contribution < -0.4 is 21.1 Å². The summed E-state index contributed by atoms with van der Waals surface area (Å²) in [5, 5.41) is 16.9. The summed E-state index contributed by atoms with van der Waals surface area (Å²) in [6, 6.07) is 13.5. The van der Waals surface area contributed by atoms with Gasteiger partial charge in [0.25, 0.3) is 5.91 Å². The molecule has 2 aromatic rings. The second-order valence-electron chi connectivity index (χ2n) is 7.39. The fraction of sp³-hybridized carbons (Fsp3) is 0.286. The van der Waals surface area contributed by atoms with Crippen LogP contribution in [0.1, 0.15) is 18.0 Å². The number of carbonyl (C=O) groups is 2. The molecule has 2 amide bonds. The van der Waals surface area contributed by atoms with Gasteiger partial charge in [0.15, 0.2) is 0 Å². The number of anilines is 1. The summed E-state index contributed by atoms with van der Waals surface area (Å²) in [6.45, 7) is 0. The lowest BCUT2D eigenvalue weighted by atomic mass is 10.1. The van der Waals surface area contributed by atoms with Gasteiger partial charge >= 0.3 is 0 Å². The average molecular weight is 433 g/mol. The van der Waals surface area contributed by atoms with E-state index in [1.807, 2.05) is 24.3 Å². The van der Waals surface area contributed by atoms with Crippen molar-refractivity contribution in [2.75, 3.05) is 31.2 Å². The van der Waals surface area contributed by atoms with Crippen LogP contribution in [-0.4, -0.2) is 48.7 Å². The molecular formula is C21H28N4O4S. The summed E-state index contributed by atoms with van der Waals surface area (Å²) < 4.78 is 5.15. The van der Waals surface area contributed by atoms with E-state index in [0.29, 0.717) is 17.0 Å². The van der Waals surface area contributed by atoms with Crippen LogP contribution >= 0.6 is 10.0 Å². The van der Waals surface area contributed by atoms with Gasteiger partial charge in [-0.3, -0.25) is 9.59 Å². The Bertz CT molecular complexity index is 906. The molecule has 2 rings (SSSR count). The van der Waals surface area contributed by atoms with E-state index < -0.39 is 27.9 Å². The predicted octanol–water partition coefficient (Wildman–Crippen LogP) is 2.68. The Labute approximate surface area is 177 Å². The van der Waals surface area contributed by atoms with Crippen molar-refractivity contribution in [1.29, 1.82) is 0 Å². The smallest absolute Gasteiger partial charge is 0.251 e. The third-order valence-electron chi connectivity index (χ3n) is 4.32. The molecule has 1 atom stereocenters. The summed E-state index contributed by atoms with van der Waals surface area (Å²) in [6.07, 6.45) is 6.24. The molecule has 9 heteroatoms. The maximum Gasteiger partial charge on any atom is 0.251 e. The Morgan fingerprint density at radius 1 is 1.10 bits per heavy atom. The van der Waals surface area contributed by atoms with Crippen LogP contribution in [-0.2, 0) is 9.59 Å². The van der Waals surface area contributed by atoms with Gasteiger partial charge in [0, 0.05) is 5.69 Å². The van der Waals surface area contributed by atoms with Crippen molar-refractivity contribution in [2.24, 2.45) is 10.9 Å². The fourth-order valence-corrected chi connectivity index (χ4v) is 3.62. The predicted molar refractivity (Wildman–Crippen MR) is 121 cm³/mol. The second kappa shape index (κ2) is 10.0. The lowest BCUT2D eigenvalue weighted by Gasteiger charge is -2.26. The third kappa shape index (κ3) is 6.41. The van der Waals surface area contributed by atoms with Gasteiger partial charge in [-0.05, 0) is 65.6 Å². The van der Waals surface area contributed by atoms with Crippen molar-refractivity contribution in [3.63, 3.8) is 0 Å². The number of methoxy groups -OCH3 is 1. The molecule has 0 aliphatic heterocycles. The van der Waals surface area contributed by atoms with Crippen molar-refractivity contribution >= 4 is 33.4 Å². The Hall–Kier alpha value is -3.20. The summed E-state index contributed by atoms with van der Waals surface area (Å²) >= 11 is 0. The lowest BCUT2D eigenvalue weighted by Crippen LogP contribution is -2.38. The highest BCUT2D eigenvalue weighted by molar-refractivity contribution is 8.32. The molecule has 0 aliphatic rings. The number of ether oxygens (including phenoxy) is 1. The molecule has 1 unspecified atom stereocenters. The van der Waals surface area contributed by atoms with E-state index in [1.54, 1.807) is 31.4 Å². The first-order chi connectivity index (χ1) is 14.1. The topological polar surface area (TPSA) is 126 Å². The quantitative estimate of drug-likeness (QED) is 0.221. The minimum Gasteiger partial charge on any atom is -0.497 e. The highest BCUT2D eigenvalue weighted by Crippen LogP contribution is 2.45. The van der Waals surface area contributed by atoms with E-state index in [1.165, 1.54) is 4.90 Å². The van der Waals surface area contributed by atoms with Crippen molar-refractivity contribution in [3.8, 4) is 5.75 Å². The van der Waals surface area contributed by atoms with Crippen molar-refractivity contribution in [3.05, 3.63) is 54.1 Å². The molecule has 5 N–H and O–H groups in total. The maximum atomic E-state index is 13.0. The molecule has 8 nitrogen and oxygen atoms in total. The number of nitrogens with one attached hydrogen (secondary N) is 2. The Balaban J connectivity index is 2.23. The van der Waals surface area contributed by atoms with Gasteiger partial charge < -0.3 is 26.3 Å². The zero-order chi connectivity index (χ0) is 22.3. The molecule has 0 saturated carbocycles. The number of oxime groups is 1. The molecule has 2 aromatic carbocycles. The number of benzene rings is 2. The highest BCUT2D eigenvalue weighted by Gasteiger charge is 2.23. The second-order valence-corrected chi connectivity index (χ2v) is 11.5. The summed E-state index contributed by atoms with van der Waals surface area (Å²) in [5.41, 5.74) is 6.59. The normalized spacial score (nSPS) is 13.3. The van der Waals surface area contributed by atoms with Crippen LogP contribution in [0.3, 0.4) is 0 Å². The van der Waals surface area contributed by atoms with Gasteiger partial charge in [-0.1, -0.05) is 17.3 Å². The van der Waals surface area contributed by atoms with Crippen LogP contribution in [0.25, 0.3) is 0 Å². The van der Waals surface area contributed by atoms with Gasteiger partial charge in [-0.25, -0.2) is 10.0 Å². The third-order valence-corrected chi connectivity index (χ3v) is 6.00. The highest BCUT2D eigenvalue weighted by atomic mass is 32.3. The molecular weight excluding hydrogens is 404 g/mol. The van der Waals surface area contributed by atoms with E-state index >= 15 is 0 Å². The first kappa shape index (κ1) is 23.1. The standard InChI is InChI=1S/C21H28N4O4S/c1-29-16-9-5-14(6-10-16)20(24-19(26)13-18(22)25-28)21(27)23-15-7-11-17(12-8-15)30(2,3)4/h5-12,20,28H,13H2,1-4H3,(H2,22,25)(H,23,27)(H,24,26). The number of nitrogens with zero attached hydrogens (tertiary/aromatic N) is 1. The molecule has 0 aliphatic carbocycles. The number of amides is 2. The number of carbonyl (C=O) groups excluding carboxylic acids is 2. The van der Waals surface area contributed by atoms with Crippen molar-refractivity contribution < 1.29 is 19.5 Å². The van der Waals surface area contributed by atoms with Gasteiger partial charge in [-0.2, -0.15) is 0 Å². The largest absolute Gasteiger partial charge is 0.497 e. The summed E-state index contributed by atoms with van der Waals surface area (Å²) in [7, 11) is 0.674. The number of rotatable bonds is 8. The van der Waals surface area contributed by atoms with E-state index in [9.17, 15) is 9.59 Å². The van der Waals surface area contributed by atoms with E-state index in [-0.39, 0.29) is 12.3 Å². The monoisotopic (exact) mass is 432 g/mol. The Morgan fingerprint density at radius 3 is 2.20 bits per heavy atom. The first-order valence-corrected chi connectivity index (χ1v) is 12.0. The van der Waals surface area contributed by atoms with Crippen molar-refractivity contribution in [2.45, 2.75) is 17.4 Å². The fourth-order valence-electron chi connectivity index (χ4n) is 2.67. The van der Waals surface area contributed by atoms with Gasteiger partial charge in [0.2, 0.25) is 5.91 Å². The number of amidine groups is 1. The van der Waals surface area contributed by atoms with Crippen LogP contribution in [0.5, 0.6) is 5.75 Å². The average Bonchev–Trinajstić information content (AvgIpc) is 2.71. The molecule has 0 spiro atoms. The molecule has 0 heterocycles. The summed E-state index contributed by atoms with van der Waals surface area (Å²) in [5.74, 6) is -0.584. The van der Waals surface area contributed by atoms with Crippen LogP contribution in [0.2, 0.25) is 0 Å². The van der Waals surface area contributed by atoms with E-state index in [0.717, 1.165) is 0 Å². The Morgan fingerprint density at radius 2 is 1.70 bits per heavy atom.